The zero-order valence-corrected chi connectivity index (χ0v) is 17.2. The number of hydroxylamine groups is 1. The third-order valence-corrected chi connectivity index (χ3v) is 5.60. The second kappa shape index (κ2) is 11.5. The van der Waals surface area contributed by atoms with Crippen LogP contribution < -0.4 is 5.48 Å². The molecule has 2 N–H and O–H groups in total. The highest BCUT2D eigenvalue weighted by molar-refractivity contribution is 7.16. The van der Waals surface area contributed by atoms with E-state index in [2.05, 4.69) is 73.4 Å². The van der Waals surface area contributed by atoms with E-state index in [0.29, 0.717) is 5.70 Å². The third kappa shape index (κ3) is 7.16. The maximum atomic E-state index is 8.71. The van der Waals surface area contributed by atoms with E-state index in [1.54, 1.807) is 11.3 Å². The summed E-state index contributed by atoms with van der Waals surface area (Å²) in [5.41, 5.74) is 6.58. The minimum absolute atomic E-state index is 0.689. The molecule has 0 atom stereocenters. The Hall–Kier alpha value is -2.17. The predicted octanol–water partition coefficient (Wildman–Crippen LogP) is 6.78. The van der Waals surface area contributed by atoms with E-state index in [-0.39, 0.29) is 0 Å². The Bertz CT molecular complexity index is 772. The predicted molar refractivity (Wildman–Crippen MR) is 117 cm³/mol. The SMILES string of the molecule is C=C(CCCCCc1ccc(-c2ncc(/C(C)=C\C=C/CC)s2)cc1)NO. The number of thiazole rings is 1. The highest BCUT2D eigenvalue weighted by Gasteiger charge is 2.06. The maximum Gasteiger partial charge on any atom is 0.123 e. The van der Waals surface area contributed by atoms with Gasteiger partial charge in [0.05, 0.1) is 4.88 Å². The lowest BCUT2D eigenvalue weighted by Crippen LogP contribution is -2.04. The molecular formula is C23H30N2OS. The topological polar surface area (TPSA) is 45.2 Å². The quantitative estimate of drug-likeness (QED) is 0.256. The van der Waals surface area contributed by atoms with E-state index in [9.17, 15) is 0 Å². The minimum Gasteiger partial charge on any atom is -0.291 e. The van der Waals surface area contributed by atoms with Crippen LogP contribution in [0, 0.1) is 0 Å². The molecule has 27 heavy (non-hydrogen) atoms. The average molecular weight is 383 g/mol. The van der Waals surface area contributed by atoms with E-state index in [1.165, 1.54) is 21.6 Å². The van der Waals surface area contributed by atoms with Crippen LogP contribution in [-0.4, -0.2) is 10.2 Å². The highest BCUT2D eigenvalue weighted by Crippen LogP contribution is 2.29. The zero-order chi connectivity index (χ0) is 19.5. The molecule has 0 saturated heterocycles. The lowest BCUT2D eigenvalue weighted by Gasteiger charge is -2.04. The van der Waals surface area contributed by atoms with Crippen LogP contribution >= 0.6 is 11.3 Å². The van der Waals surface area contributed by atoms with E-state index >= 15 is 0 Å². The second-order valence-corrected chi connectivity index (χ2v) is 7.72. The third-order valence-electron chi connectivity index (χ3n) is 4.42. The number of nitrogens with one attached hydrogen (secondary N) is 1. The van der Waals surface area contributed by atoms with Crippen molar-refractivity contribution in [3.8, 4) is 10.6 Å². The van der Waals surface area contributed by atoms with Gasteiger partial charge in [-0.2, -0.15) is 0 Å². The number of unbranched alkanes of at least 4 members (excludes halogenated alkanes) is 2. The summed E-state index contributed by atoms with van der Waals surface area (Å²) in [6.07, 6.45) is 14.7. The van der Waals surface area contributed by atoms with Gasteiger partial charge in [-0.3, -0.25) is 10.7 Å². The summed E-state index contributed by atoms with van der Waals surface area (Å²) in [6.45, 7) is 8.00. The lowest BCUT2D eigenvalue weighted by molar-refractivity contribution is 0.196. The molecule has 0 amide bonds. The number of hydrogen-bond acceptors (Lipinski definition) is 4. The van der Waals surface area contributed by atoms with Gasteiger partial charge >= 0.3 is 0 Å². The number of rotatable bonds is 11. The molecule has 4 heteroatoms. The molecule has 2 rings (SSSR count). The van der Waals surface area contributed by atoms with E-state index in [0.717, 1.165) is 43.5 Å². The van der Waals surface area contributed by atoms with E-state index < -0.39 is 0 Å². The largest absolute Gasteiger partial charge is 0.291 e. The number of allylic oxidation sites excluding steroid dienone is 5. The Morgan fingerprint density at radius 3 is 2.70 bits per heavy atom. The smallest absolute Gasteiger partial charge is 0.123 e. The van der Waals surface area contributed by atoms with Crippen molar-refractivity contribution in [3.63, 3.8) is 0 Å². The van der Waals surface area contributed by atoms with Crippen LogP contribution in [0.4, 0.5) is 0 Å². The fourth-order valence-corrected chi connectivity index (χ4v) is 3.64. The maximum absolute atomic E-state index is 8.71. The van der Waals surface area contributed by atoms with Crippen molar-refractivity contribution in [1.29, 1.82) is 0 Å². The number of aryl methyl sites for hydroxylation is 1. The van der Waals surface area contributed by atoms with Crippen LogP contribution in [0.1, 0.15) is 56.4 Å². The first-order valence-corrected chi connectivity index (χ1v) is 10.4. The molecule has 0 fully saturated rings. The normalized spacial score (nSPS) is 11.9. The minimum atomic E-state index is 0.689. The van der Waals surface area contributed by atoms with Crippen LogP contribution in [0.3, 0.4) is 0 Å². The summed E-state index contributed by atoms with van der Waals surface area (Å²) in [5.74, 6) is 0. The Balaban J connectivity index is 1.87. The molecule has 0 saturated carbocycles. The molecule has 0 aliphatic rings. The van der Waals surface area contributed by atoms with Crippen molar-refractivity contribution < 1.29 is 5.21 Å². The lowest BCUT2D eigenvalue weighted by atomic mass is 10.0. The van der Waals surface area contributed by atoms with Gasteiger partial charge in [-0.25, -0.2) is 4.98 Å². The molecule has 0 spiro atoms. The van der Waals surface area contributed by atoms with Gasteiger partial charge in [0, 0.05) is 17.5 Å². The van der Waals surface area contributed by atoms with Gasteiger partial charge in [0.15, 0.2) is 0 Å². The highest BCUT2D eigenvalue weighted by atomic mass is 32.1. The molecule has 0 radical (unpaired) electrons. The number of benzene rings is 1. The van der Waals surface area contributed by atoms with Gasteiger partial charge in [0.1, 0.15) is 5.01 Å². The number of aromatic nitrogens is 1. The summed E-state index contributed by atoms with van der Waals surface area (Å²) < 4.78 is 0. The van der Waals surface area contributed by atoms with Crippen molar-refractivity contribution in [1.82, 2.24) is 10.5 Å². The summed E-state index contributed by atoms with van der Waals surface area (Å²) in [6, 6.07) is 8.76. The van der Waals surface area contributed by atoms with Gasteiger partial charge in [0.2, 0.25) is 0 Å². The molecule has 1 heterocycles. The van der Waals surface area contributed by atoms with Crippen LogP contribution in [0.15, 0.2) is 61.0 Å². The molecule has 0 aliphatic carbocycles. The fourth-order valence-electron chi connectivity index (χ4n) is 2.73. The molecule has 0 aliphatic heterocycles. The molecule has 2 aromatic rings. The molecular weight excluding hydrogens is 352 g/mol. The molecule has 3 nitrogen and oxygen atoms in total. The Morgan fingerprint density at radius 1 is 1.22 bits per heavy atom. The van der Waals surface area contributed by atoms with Gasteiger partial charge in [0.25, 0.3) is 0 Å². The molecule has 0 unspecified atom stereocenters. The van der Waals surface area contributed by atoms with E-state index in [4.69, 9.17) is 5.21 Å². The summed E-state index contributed by atoms with van der Waals surface area (Å²) in [7, 11) is 0. The molecule has 144 valence electrons. The van der Waals surface area contributed by atoms with Crippen molar-refractivity contribution in [2.45, 2.75) is 52.4 Å². The van der Waals surface area contributed by atoms with Gasteiger partial charge in [-0.1, -0.05) is 62.4 Å². The van der Waals surface area contributed by atoms with Crippen LogP contribution in [-0.2, 0) is 6.42 Å². The van der Waals surface area contributed by atoms with Gasteiger partial charge in [-0.05, 0) is 50.2 Å². The van der Waals surface area contributed by atoms with Gasteiger partial charge < -0.3 is 0 Å². The first-order chi connectivity index (χ1) is 13.1. The van der Waals surface area contributed by atoms with Crippen LogP contribution in [0.5, 0.6) is 0 Å². The molecule has 1 aromatic heterocycles. The number of hydrogen-bond donors (Lipinski definition) is 2. The van der Waals surface area contributed by atoms with Crippen molar-refractivity contribution in [2.24, 2.45) is 0 Å². The Morgan fingerprint density at radius 2 is 2.00 bits per heavy atom. The summed E-state index contributed by atoms with van der Waals surface area (Å²) in [4.78, 5) is 5.81. The van der Waals surface area contributed by atoms with Crippen molar-refractivity contribution >= 4 is 16.9 Å². The zero-order valence-electron chi connectivity index (χ0n) is 16.4. The standard InChI is InChI=1S/C23H30N2OS/c1-4-5-7-10-18(2)22-17-24-23(27-22)21-15-13-20(14-16-21)12-9-6-8-11-19(3)25-26/h5,7,10,13-17,25-26H,3-4,6,8-9,11-12H2,1-2H3/b7-5-,18-10-. The van der Waals surface area contributed by atoms with E-state index in [1.807, 2.05) is 6.20 Å². The van der Waals surface area contributed by atoms with Gasteiger partial charge in [-0.15, -0.1) is 11.3 Å². The first kappa shape index (κ1) is 21.1. The first-order valence-electron chi connectivity index (χ1n) is 9.61. The number of nitrogens with zero attached hydrogens (tertiary/aromatic N) is 1. The second-order valence-electron chi connectivity index (χ2n) is 6.69. The van der Waals surface area contributed by atoms with Crippen molar-refractivity contribution in [2.75, 3.05) is 0 Å². The van der Waals surface area contributed by atoms with Crippen LogP contribution in [0.2, 0.25) is 0 Å². The summed E-state index contributed by atoms with van der Waals surface area (Å²) in [5, 5.41) is 9.78. The fraction of sp³-hybridized carbons (Fsp3) is 0.348. The Kier molecular flexibility index (Phi) is 9.02. The molecule has 0 bridgehead atoms. The average Bonchev–Trinajstić information content (AvgIpc) is 3.18. The molecule has 1 aromatic carbocycles. The Labute approximate surface area is 167 Å². The van der Waals surface area contributed by atoms with Crippen molar-refractivity contribution in [3.05, 3.63) is 71.4 Å². The summed E-state index contributed by atoms with van der Waals surface area (Å²) >= 11 is 1.74. The monoisotopic (exact) mass is 382 g/mol. The van der Waals surface area contributed by atoms with Crippen LogP contribution in [0.25, 0.3) is 16.1 Å².